The van der Waals surface area contributed by atoms with Gasteiger partial charge in [-0.15, -0.1) is 0 Å². The number of nitrogens with zero attached hydrogens (tertiary/aromatic N) is 1. The van der Waals surface area contributed by atoms with Crippen molar-refractivity contribution in [2.24, 2.45) is 0 Å². The Balaban J connectivity index is 2.54. The average Bonchev–Trinajstić information content (AvgIpc) is 1.38. The molecule has 5 heteroatoms. The van der Waals surface area contributed by atoms with E-state index in [-0.39, 0.29) is 0 Å². The van der Waals surface area contributed by atoms with E-state index in [1.54, 1.807) is 0 Å². The van der Waals surface area contributed by atoms with Crippen LogP contribution >= 0.6 is 25.1 Å². The van der Waals surface area contributed by atoms with Gasteiger partial charge in [0.15, 0.2) is 0 Å². The Morgan fingerprint density at radius 3 is 2.20 bits per heavy atom. The van der Waals surface area contributed by atoms with Crippen molar-refractivity contribution in [3.8, 4) is 0 Å². The molecule has 0 spiro atoms. The van der Waals surface area contributed by atoms with Crippen molar-refractivity contribution < 1.29 is 24.8 Å². The van der Waals surface area contributed by atoms with E-state index in [0.29, 0.717) is 2.36 Å². The monoisotopic (exact) mass is 274 g/mol. The van der Waals surface area contributed by atoms with Crippen LogP contribution in [0.2, 0.25) is 0 Å². The van der Waals surface area contributed by atoms with E-state index in [1.807, 2.05) is 0 Å². The van der Waals surface area contributed by atoms with Crippen LogP contribution in [0.1, 0.15) is 0 Å². The van der Waals surface area contributed by atoms with Crippen molar-refractivity contribution in [1.82, 2.24) is 2.36 Å². The normalized spacial score (nSPS) is 10.4. The summed E-state index contributed by atoms with van der Waals surface area (Å²) in [6.07, 6.45) is 0. The molecule has 0 aromatic carbocycles. The molecule has 0 fully saturated rings. The minimum atomic E-state index is -0.897. The third kappa shape index (κ3) is 5.39. The van der Waals surface area contributed by atoms with Gasteiger partial charge in [-0.05, 0) is 0 Å². The summed E-state index contributed by atoms with van der Waals surface area (Å²) in [5, 5.41) is 0. The van der Waals surface area contributed by atoms with Gasteiger partial charge in [-0.1, -0.05) is 0 Å². The van der Waals surface area contributed by atoms with Crippen LogP contribution in [0.15, 0.2) is 0 Å². The van der Waals surface area contributed by atoms with Gasteiger partial charge in [0.25, 0.3) is 0 Å². The molecule has 0 amide bonds. The minimum absolute atomic E-state index is 0.313. The molecular formula is BrClFIN-. The van der Waals surface area contributed by atoms with Crippen LogP contribution in [-0.2, 0) is 0 Å². The van der Waals surface area contributed by atoms with E-state index in [2.05, 4.69) is 16.1 Å². The fourth-order valence-corrected chi connectivity index (χ4v) is 0. The standard InChI is InChI=1S/BrClFIN/c1-5(3)4-2/q-1. The molecule has 0 unspecified atom stereocenters. The molecule has 0 radical (unpaired) electrons. The summed E-state index contributed by atoms with van der Waals surface area (Å²) in [5.74, 6) is 0. The summed E-state index contributed by atoms with van der Waals surface area (Å²) >= 11 is 1.56. The van der Waals surface area contributed by atoms with E-state index < -0.39 is 20.4 Å². The molecule has 34 valence electrons. The predicted molar refractivity (Wildman–Crippen MR) is 17.7 cm³/mol. The third-order valence-corrected chi connectivity index (χ3v) is 3.01. The molecule has 0 atom stereocenters. The van der Waals surface area contributed by atoms with Gasteiger partial charge in [0.2, 0.25) is 0 Å². The van der Waals surface area contributed by atoms with E-state index in [0.717, 1.165) is 0 Å². The third-order valence-electron chi connectivity index (χ3n) is 0.0483. The second-order valence-corrected chi connectivity index (χ2v) is 4.27. The van der Waals surface area contributed by atoms with Crippen LogP contribution in [0.4, 0.5) is 4.48 Å². The Hall–Kier alpha value is 1.39. The number of hydrogen-bond acceptors (Lipinski definition) is 1. The number of hydrogen-bond donors (Lipinski definition) is 0. The van der Waals surface area contributed by atoms with Gasteiger partial charge in [-0.25, -0.2) is 0 Å². The fraction of sp³-hybridized carbons (Fsp3) is 0. The zero-order chi connectivity index (χ0) is 4.28. The van der Waals surface area contributed by atoms with Crippen LogP contribution < -0.4 is 20.4 Å². The Morgan fingerprint density at radius 1 is 2.00 bits per heavy atom. The molecule has 0 N–H and O–H groups in total. The zero-order valence-electron chi connectivity index (χ0n) is 1.96. The maximum absolute atomic E-state index is 11.1. The van der Waals surface area contributed by atoms with Gasteiger partial charge in [-0.2, -0.15) is 0 Å². The Bertz CT molecular complexity index is 25.6. The molecule has 0 rings (SSSR count). The van der Waals surface area contributed by atoms with Crippen molar-refractivity contribution in [2.45, 2.75) is 0 Å². The van der Waals surface area contributed by atoms with Crippen LogP contribution in [0.5, 0.6) is 0 Å². The van der Waals surface area contributed by atoms with E-state index >= 15 is 0 Å². The summed E-state index contributed by atoms with van der Waals surface area (Å²) in [5.41, 5.74) is 0. The van der Waals surface area contributed by atoms with Crippen LogP contribution in [0.3, 0.4) is 0 Å². The Kier molecular flexibility index (Phi) is 4.57. The second kappa shape index (κ2) is 3.58. The van der Waals surface area contributed by atoms with Crippen LogP contribution in [-0.4, -0.2) is 2.36 Å². The molecule has 0 bridgehead atoms. The number of rotatable bonds is 1. The van der Waals surface area contributed by atoms with Gasteiger partial charge >= 0.3 is 52.2 Å². The summed E-state index contributed by atoms with van der Waals surface area (Å²) < 4.78 is 11.4. The van der Waals surface area contributed by atoms with Crippen molar-refractivity contribution in [3.63, 3.8) is 0 Å². The SMILES string of the molecule is FN(Br)[I-]Cl. The molecule has 0 saturated heterocycles. The molecule has 0 heterocycles. The van der Waals surface area contributed by atoms with Crippen molar-refractivity contribution in [2.75, 3.05) is 0 Å². The van der Waals surface area contributed by atoms with E-state index in [4.69, 9.17) is 8.91 Å². The van der Waals surface area contributed by atoms with Gasteiger partial charge in [0.05, 0.1) is 0 Å². The first-order valence-electron chi connectivity index (χ1n) is 0.650. The summed E-state index contributed by atoms with van der Waals surface area (Å²) in [6.45, 7) is 0. The zero-order valence-corrected chi connectivity index (χ0v) is 6.46. The predicted octanol–water partition coefficient (Wildman–Crippen LogP) is -1.36. The quantitative estimate of drug-likeness (QED) is 0.422. The van der Waals surface area contributed by atoms with Crippen molar-refractivity contribution in [3.05, 3.63) is 0 Å². The van der Waals surface area contributed by atoms with E-state index in [1.165, 1.54) is 0 Å². The molecule has 0 aliphatic carbocycles. The first kappa shape index (κ1) is 6.39. The maximum atomic E-state index is 11.1. The topological polar surface area (TPSA) is 3.24 Å². The molecular weight excluding hydrogens is 275 g/mol. The molecule has 0 aromatic rings. The summed E-state index contributed by atoms with van der Waals surface area (Å²) in [7, 11) is 4.95. The first-order valence-corrected chi connectivity index (χ1v) is 5.06. The van der Waals surface area contributed by atoms with Gasteiger partial charge in [0, 0.05) is 0 Å². The molecule has 5 heavy (non-hydrogen) atoms. The molecule has 0 aromatic heterocycles. The fourth-order valence-electron chi connectivity index (χ4n) is 0. The molecule has 0 saturated carbocycles. The van der Waals surface area contributed by atoms with E-state index in [9.17, 15) is 4.48 Å². The second-order valence-electron chi connectivity index (χ2n) is 0.256. The van der Waals surface area contributed by atoms with Gasteiger partial charge in [-0.3, -0.25) is 0 Å². The van der Waals surface area contributed by atoms with Crippen LogP contribution in [0.25, 0.3) is 0 Å². The summed E-state index contributed by atoms with van der Waals surface area (Å²) in [4.78, 5) is 0. The molecule has 1 nitrogen and oxygen atoms in total. The summed E-state index contributed by atoms with van der Waals surface area (Å²) in [6, 6.07) is 0. The Morgan fingerprint density at radius 2 is 2.20 bits per heavy atom. The number of halogens is 4. The van der Waals surface area contributed by atoms with Crippen molar-refractivity contribution >= 4 is 25.1 Å². The van der Waals surface area contributed by atoms with Gasteiger partial charge in [0.1, 0.15) is 0 Å². The van der Waals surface area contributed by atoms with Crippen molar-refractivity contribution in [1.29, 1.82) is 0 Å². The molecule has 0 aliphatic heterocycles. The first-order chi connectivity index (χ1) is 2.27. The Labute approximate surface area is 52.1 Å². The molecule has 0 aliphatic rings. The average molecular weight is 275 g/mol. The van der Waals surface area contributed by atoms with Gasteiger partial charge < -0.3 is 0 Å². The van der Waals surface area contributed by atoms with Crippen LogP contribution in [0, 0.1) is 0 Å².